The monoisotopic (exact) mass is 1030 g/mol. The lowest BCUT2D eigenvalue weighted by molar-refractivity contribution is -0.870. The second-order valence-electron chi connectivity index (χ2n) is 21.9. The number of ether oxygens (including phenoxy) is 1. The normalized spacial score (nSPS) is 14.0. The SMILES string of the molecule is CCCCC/C=C\C/C=C\CCCCCCCCCCCCCC(=O)NC(COP(=O)(O)OCC[N+](C)(C)C)C(/C=C\CCCCCCCCCCC)OC(=O)CCCCC/C=C\CCCCCCCCC. The number of nitrogens with zero attached hydrogens (tertiary/aromatic N) is 1. The predicted molar refractivity (Wildman–Crippen MR) is 309 cm³/mol. The summed E-state index contributed by atoms with van der Waals surface area (Å²) < 4.78 is 30.6. The Kier molecular flexibility index (Phi) is 50.9. The first kappa shape index (κ1) is 70.0. The average Bonchev–Trinajstić information content (AvgIpc) is 3.34. The molecule has 9 nitrogen and oxygen atoms in total. The van der Waals surface area contributed by atoms with E-state index in [1.165, 1.54) is 173 Å². The molecule has 3 unspecified atom stereocenters. The van der Waals surface area contributed by atoms with E-state index in [9.17, 15) is 19.0 Å². The molecule has 0 fully saturated rings. The van der Waals surface area contributed by atoms with Crippen LogP contribution in [0.15, 0.2) is 48.6 Å². The third kappa shape index (κ3) is 52.8. The van der Waals surface area contributed by atoms with Crippen molar-refractivity contribution in [2.45, 2.75) is 296 Å². The minimum absolute atomic E-state index is 0.0380. The van der Waals surface area contributed by atoms with Gasteiger partial charge in [-0.05, 0) is 89.5 Å². The van der Waals surface area contributed by atoms with Gasteiger partial charge in [-0.3, -0.25) is 18.6 Å². The summed E-state index contributed by atoms with van der Waals surface area (Å²) in [5.41, 5.74) is 0. The van der Waals surface area contributed by atoms with Crippen LogP contribution in [0.4, 0.5) is 0 Å². The van der Waals surface area contributed by atoms with Gasteiger partial charge in [0.25, 0.3) is 0 Å². The molecular formula is C62H118N2O7P+. The van der Waals surface area contributed by atoms with Crippen molar-refractivity contribution in [3.8, 4) is 0 Å². The molecule has 0 aromatic rings. The summed E-state index contributed by atoms with van der Waals surface area (Å²) in [6, 6.07) is -0.853. The summed E-state index contributed by atoms with van der Waals surface area (Å²) in [6.45, 7) is 6.98. The number of phosphoric acid groups is 1. The van der Waals surface area contributed by atoms with Crippen molar-refractivity contribution in [2.75, 3.05) is 40.9 Å². The first-order valence-corrected chi connectivity index (χ1v) is 32.0. The smallest absolute Gasteiger partial charge is 0.456 e. The summed E-state index contributed by atoms with van der Waals surface area (Å²) in [6.07, 6.45) is 63.9. The molecule has 1 amide bonds. The highest BCUT2D eigenvalue weighted by atomic mass is 31.2. The lowest BCUT2D eigenvalue weighted by Crippen LogP contribution is -2.47. The fourth-order valence-corrected chi connectivity index (χ4v) is 9.47. The standard InChI is InChI=1S/C62H117N2O7P/c1-7-10-13-16-19-22-25-27-29-30-31-32-33-34-35-36-39-42-45-48-51-54-61(65)63-59(58-70-72(67,68)69-57-56-64(4,5)6)60(53-50-47-44-41-38-24-21-18-15-12-9-3)71-62(66)55-52-49-46-43-40-37-28-26-23-20-17-14-11-8-2/h19,22,27,29,37,40,50,53,59-60H,7-18,20-21,23-26,28,30-36,38-39,41-49,51-52,54-58H2,1-6H3,(H-,63,65,67,68)/p+1/b22-19-,29-27-,40-37-,53-50-. The van der Waals surface area contributed by atoms with Gasteiger partial charge in [-0.1, -0.05) is 230 Å². The number of esters is 1. The Balaban J connectivity index is 5.21. The first-order valence-electron chi connectivity index (χ1n) is 30.5. The second kappa shape index (κ2) is 52.4. The van der Waals surface area contributed by atoms with Crippen molar-refractivity contribution in [3.05, 3.63) is 48.6 Å². The van der Waals surface area contributed by atoms with Crippen LogP contribution in [0.1, 0.15) is 284 Å². The minimum atomic E-state index is -4.45. The van der Waals surface area contributed by atoms with Crippen molar-refractivity contribution in [3.63, 3.8) is 0 Å². The molecule has 0 aliphatic heterocycles. The van der Waals surface area contributed by atoms with Gasteiger partial charge in [0.2, 0.25) is 5.91 Å². The Morgan fingerprint density at radius 2 is 0.847 bits per heavy atom. The molecular weight excluding hydrogens is 916 g/mol. The van der Waals surface area contributed by atoms with E-state index in [1.807, 2.05) is 33.3 Å². The molecule has 0 spiro atoms. The van der Waals surface area contributed by atoms with Gasteiger partial charge in [-0.2, -0.15) is 0 Å². The van der Waals surface area contributed by atoms with E-state index in [0.29, 0.717) is 23.9 Å². The third-order valence-corrected chi connectivity index (χ3v) is 14.5. The highest BCUT2D eigenvalue weighted by molar-refractivity contribution is 7.47. The van der Waals surface area contributed by atoms with E-state index in [1.54, 1.807) is 0 Å². The lowest BCUT2D eigenvalue weighted by atomic mass is 10.0. The number of carbonyl (C=O) groups is 2. The number of phosphoric ester groups is 1. The Hall–Kier alpha value is -2.03. The Morgan fingerprint density at radius 1 is 0.486 bits per heavy atom. The number of unbranched alkanes of at least 4 members (excludes halogenated alkanes) is 33. The van der Waals surface area contributed by atoms with Crippen molar-refractivity contribution in [1.29, 1.82) is 0 Å². The van der Waals surface area contributed by atoms with E-state index in [2.05, 4.69) is 62.5 Å². The van der Waals surface area contributed by atoms with Crippen molar-refractivity contribution in [2.24, 2.45) is 0 Å². The number of nitrogens with one attached hydrogen (secondary N) is 1. The molecule has 422 valence electrons. The van der Waals surface area contributed by atoms with Gasteiger partial charge in [0, 0.05) is 12.8 Å². The van der Waals surface area contributed by atoms with Crippen LogP contribution in [0.3, 0.4) is 0 Å². The molecule has 0 heterocycles. The van der Waals surface area contributed by atoms with Gasteiger partial charge in [0.1, 0.15) is 19.3 Å². The van der Waals surface area contributed by atoms with Crippen LogP contribution in [-0.2, 0) is 27.9 Å². The van der Waals surface area contributed by atoms with Crippen LogP contribution in [0.25, 0.3) is 0 Å². The summed E-state index contributed by atoms with van der Waals surface area (Å²) in [5.74, 6) is -0.520. The van der Waals surface area contributed by atoms with Gasteiger partial charge in [-0.25, -0.2) is 4.57 Å². The second-order valence-corrected chi connectivity index (χ2v) is 23.3. The number of rotatable bonds is 55. The first-order chi connectivity index (χ1) is 34.9. The van der Waals surface area contributed by atoms with Crippen LogP contribution in [0, 0.1) is 0 Å². The van der Waals surface area contributed by atoms with Gasteiger partial charge >= 0.3 is 13.8 Å². The van der Waals surface area contributed by atoms with E-state index in [4.69, 9.17) is 13.8 Å². The Bertz CT molecular complexity index is 1380. The highest BCUT2D eigenvalue weighted by Crippen LogP contribution is 2.43. The molecule has 0 aliphatic carbocycles. The van der Waals surface area contributed by atoms with Crippen LogP contribution in [0.5, 0.6) is 0 Å². The van der Waals surface area contributed by atoms with Crippen LogP contribution < -0.4 is 5.32 Å². The van der Waals surface area contributed by atoms with E-state index >= 15 is 0 Å². The number of amides is 1. The zero-order chi connectivity index (χ0) is 52.9. The van der Waals surface area contributed by atoms with E-state index < -0.39 is 20.0 Å². The molecule has 2 N–H and O–H groups in total. The molecule has 0 aliphatic rings. The fraction of sp³-hybridized carbons (Fsp3) is 0.839. The number of hydrogen-bond donors (Lipinski definition) is 2. The third-order valence-electron chi connectivity index (χ3n) is 13.5. The quantitative estimate of drug-likeness (QED) is 0.0205. The Labute approximate surface area is 446 Å². The summed E-state index contributed by atoms with van der Waals surface area (Å²) in [5, 5.41) is 3.05. The topological polar surface area (TPSA) is 111 Å². The van der Waals surface area contributed by atoms with Crippen LogP contribution in [0.2, 0.25) is 0 Å². The summed E-state index contributed by atoms with van der Waals surface area (Å²) in [7, 11) is 1.49. The molecule has 0 aromatic carbocycles. The maximum Gasteiger partial charge on any atom is 0.472 e. The molecule has 0 bridgehead atoms. The maximum atomic E-state index is 13.5. The molecule has 10 heteroatoms. The average molecular weight is 1030 g/mol. The maximum absolute atomic E-state index is 13.5. The van der Waals surface area contributed by atoms with Gasteiger partial charge in [-0.15, -0.1) is 0 Å². The fourth-order valence-electron chi connectivity index (χ4n) is 8.73. The van der Waals surface area contributed by atoms with E-state index in [-0.39, 0.29) is 31.5 Å². The number of quaternary nitrogens is 1. The lowest BCUT2D eigenvalue weighted by Gasteiger charge is -2.27. The van der Waals surface area contributed by atoms with E-state index in [0.717, 1.165) is 70.6 Å². The van der Waals surface area contributed by atoms with Crippen LogP contribution in [-0.4, -0.2) is 74.3 Å². The molecule has 3 atom stereocenters. The molecule has 0 radical (unpaired) electrons. The molecule has 0 rings (SSSR count). The largest absolute Gasteiger partial charge is 0.472 e. The number of likely N-dealkylation sites (N-methyl/N-ethyl adjacent to an activating group) is 1. The van der Waals surface area contributed by atoms with Gasteiger partial charge in [0.05, 0.1) is 33.8 Å². The zero-order valence-corrected chi connectivity index (χ0v) is 49.1. The number of allylic oxidation sites excluding steroid dienone is 7. The zero-order valence-electron chi connectivity index (χ0n) is 48.2. The minimum Gasteiger partial charge on any atom is -0.456 e. The molecule has 0 saturated carbocycles. The molecule has 0 aromatic heterocycles. The molecule has 72 heavy (non-hydrogen) atoms. The van der Waals surface area contributed by atoms with Crippen molar-refractivity contribution < 1.29 is 37.3 Å². The van der Waals surface area contributed by atoms with Crippen LogP contribution >= 0.6 is 7.82 Å². The highest BCUT2D eigenvalue weighted by Gasteiger charge is 2.30. The predicted octanol–water partition coefficient (Wildman–Crippen LogP) is 18.5. The van der Waals surface area contributed by atoms with Gasteiger partial charge in [0.15, 0.2) is 0 Å². The summed E-state index contributed by atoms with van der Waals surface area (Å²) >= 11 is 0. The molecule has 0 saturated heterocycles. The number of carbonyl (C=O) groups excluding carboxylic acids is 2. The Morgan fingerprint density at radius 3 is 1.31 bits per heavy atom. The summed E-state index contributed by atoms with van der Waals surface area (Å²) in [4.78, 5) is 37.6. The van der Waals surface area contributed by atoms with Gasteiger partial charge < -0.3 is 19.4 Å². The van der Waals surface area contributed by atoms with Crippen molar-refractivity contribution >= 4 is 19.7 Å². The number of hydrogen-bond acceptors (Lipinski definition) is 6. The van der Waals surface area contributed by atoms with Crippen molar-refractivity contribution in [1.82, 2.24) is 5.32 Å².